The van der Waals surface area contributed by atoms with Crippen LogP contribution < -0.4 is 14.8 Å². The van der Waals surface area contributed by atoms with Gasteiger partial charge in [0.1, 0.15) is 0 Å². The minimum atomic E-state index is -0.0463. The van der Waals surface area contributed by atoms with E-state index in [1.54, 1.807) is 0 Å². The van der Waals surface area contributed by atoms with Crippen molar-refractivity contribution in [2.75, 3.05) is 39.4 Å². The molecule has 0 saturated carbocycles. The molecule has 0 radical (unpaired) electrons. The van der Waals surface area contributed by atoms with E-state index < -0.39 is 0 Å². The van der Waals surface area contributed by atoms with Gasteiger partial charge in [-0.3, -0.25) is 14.5 Å². The van der Waals surface area contributed by atoms with Crippen LogP contribution in [0.4, 0.5) is 0 Å². The summed E-state index contributed by atoms with van der Waals surface area (Å²) in [4.78, 5) is 30.5. The predicted molar refractivity (Wildman–Crippen MR) is 145 cm³/mol. The number of fused-ring (bicyclic) bond motifs is 1. The molecule has 4 rings (SSSR count). The van der Waals surface area contributed by atoms with E-state index in [1.165, 1.54) is 5.56 Å². The maximum absolute atomic E-state index is 13.7. The molecule has 200 valence electrons. The Labute approximate surface area is 221 Å². The highest BCUT2D eigenvalue weighted by atomic mass is 16.5. The van der Waals surface area contributed by atoms with E-state index >= 15 is 0 Å². The molecular formula is C30H41N3O4. The van der Waals surface area contributed by atoms with Crippen LogP contribution >= 0.6 is 0 Å². The average Bonchev–Trinajstić information content (AvgIpc) is 2.91. The van der Waals surface area contributed by atoms with E-state index in [1.807, 2.05) is 41.0 Å². The summed E-state index contributed by atoms with van der Waals surface area (Å²) in [6.45, 7) is 5.30. The van der Waals surface area contributed by atoms with Gasteiger partial charge in [-0.2, -0.15) is 0 Å². The molecule has 7 nitrogen and oxygen atoms in total. The summed E-state index contributed by atoms with van der Waals surface area (Å²) in [6.07, 6.45) is 6.83. The second-order valence-electron chi connectivity index (χ2n) is 10.0. The third kappa shape index (κ3) is 7.96. The molecule has 1 unspecified atom stereocenters. The number of amides is 2. The molecule has 0 aromatic heterocycles. The monoisotopic (exact) mass is 507 g/mol. The lowest BCUT2D eigenvalue weighted by Crippen LogP contribution is -2.50. The van der Waals surface area contributed by atoms with Crippen LogP contribution in [-0.2, 0) is 22.6 Å². The van der Waals surface area contributed by atoms with Gasteiger partial charge in [-0.25, -0.2) is 0 Å². The van der Waals surface area contributed by atoms with Crippen LogP contribution in [0, 0.1) is 0 Å². The molecule has 1 fully saturated rings. The Morgan fingerprint density at radius 2 is 1.89 bits per heavy atom. The first-order chi connectivity index (χ1) is 18.1. The minimum Gasteiger partial charge on any atom is -0.490 e. The first-order valence-corrected chi connectivity index (χ1v) is 13.8. The fraction of sp³-hybridized carbons (Fsp3) is 0.533. The molecule has 2 heterocycles. The molecule has 1 atom stereocenters. The maximum Gasteiger partial charge on any atom is 0.237 e. The number of likely N-dealkylation sites (tertiary alicyclic amines) is 1. The number of carbonyl (C=O) groups excluding carboxylic acids is 2. The lowest BCUT2D eigenvalue weighted by molar-refractivity contribution is -0.136. The summed E-state index contributed by atoms with van der Waals surface area (Å²) in [5.74, 6) is 1.47. The third-order valence-corrected chi connectivity index (χ3v) is 7.13. The standard InChI is InChI=1S/C30H41N3O4/c1-2-36-27-16-11-14-25-21-32(22-28(34)31-17-8-4-10-19-37-30(25)27)23-29(35)33-18-9-7-15-26(33)20-24-12-5-3-6-13-24/h3,5-6,11-14,16,26H,2,4,7-10,15,17-23H2,1H3,(H,31,34). The molecule has 2 aliphatic heterocycles. The van der Waals surface area contributed by atoms with Crippen molar-refractivity contribution >= 4 is 11.8 Å². The molecule has 1 N–H and O–H groups in total. The number of nitrogens with one attached hydrogen (secondary N) is 1. The zero-order chi connectivity index (χ0) is 25.9. The van der Waals surface area contributed by atoms with Crippen molar-refractivity contribution < 1.29 is 19.1 Å². The number of ether oxygens (including phenoxy) is 2. The molecule has 2 amide bonds. The second kappa shape index (κ2) is 14.0. The molecule has 7 heteroatoms. The van der Waals surface area contributed by atoms with Crippen molar-refractivity contribution in [3.63, 3.8) is 0 Å². The van der Waals surface area contributed by atoms with Crippen LogP contribution in [0.15, 0.2) is 48.5 Å². The Hall–Kier alpha value is -3.06. The third-order valence-electron chi connectivity index (χ3n) is 7.13. The summed E-state index contributed by atoms with van der Waals surface area (Å²) in [7, 11) is 0. The number of hydrogen-bond acceptors (Lipinski definition) is 5. The van der Waals surface area contributed by atoms with Gasteiger partial charge in [0.05, 0.1) is 26.3 Å². The fourth-order valence-corrected chi connectivity index (χ4v) is 5.30. The summed E-state index contributed by atoms with van der Waals surface area (Å²) in [5.41, 5.74) is 2.19. The van der Waals surface area contributed by atoms with Crippen LogP contribution in [0.5, 0.6) is 11.5 Å². The zero-order valence-corrected chi connectivity index (χ0v) is 22.1. The SMILES string of the molecule is CCOc1cccc2c1OCCCCCNC(=O)CN(CC(=O)N1CCCCC1Cc1ccccc1)C2. The number of para-hydroxylation sites is 1. The van der Waals surface area contributed by atoms with Gasteiger partial charge in [0.25, 0.3) is 0 Å². The molecule has 2 aromatic carbocycles. The topological polar surface area (TPSA) is 71.1 Å². The Morgan fingerprint density at radius 3 is 2.73 bits per heavy atom. The normalized spacial score (nSPS) is 19.9. The van der Waals surface area contributed by atoms with Gasteiger partial charge >= 0.3 is 0 Å². The smallest absolute Gasteiger partial charge is 0.237 e. The summed E-state index contributed by atoms with van der Waals surface area (Å²) in [6, 6.07) is 16.5. The van der Waals surface area contributed by atoms with Gasteiger partial charge in [0.2, 0.25) is 11.8 Å². The number of carbonyl (C=O) groups is 2. The van der Waals surface area contributed by atoms with Crippen molar-refractivity contribution in [3.05, 3.63) is 59.7 Å². The molecule has 1 saturated heterocycles. The molecule has 0 bridgehead atoms. The predicted octanol–water partition coefficient (Wildman–Crippen LogP) is 4.19. The van der Waals surface area contributed by atoms with Gasteiger partial charge in [-0.15, -0.1) is 0 Å². The fourth-order valence-electron chi connectivity index (χ4n) is 5.30. The highest BCUT2D eigenvalue weighted by Gasteiger charge is 2.29. The van der Waals surface area contributed by atoms with Crippen LogP contribution in [-0.4, -0.2) is 67.0 Å². The minimum absolute atomic E-state index is 0.0463. The van der Waals surface area contributed by atoms with Gasteiger partial charge in [-0.05, 0) is 63.5 Å². The summed E-state index contributed by atoms with van der Waals surface area (Å²) in [5, 5.41) is 3.03. The molecule has 2 aromatic rings. The Balaban J connectivity index is 1.53. The van der Waals surface area contributed by atoms with Gasteiger partial charge < -0.3 is 19.7 Å². The van der Waals surface area contributed by atoms with Crippen LogP contribution in [0.3, 0.4) is 0 Å². The number of nitrogens with zero attached hydrogens (tertiary/aromatic N) is 2. The lowest BCUT2D eigenvalue weighted by atomic mass is 9.95. The Bertz CT molecular complexity index is 1010. The quantitative estimate of drug-likeness (QED) is 0.635. The van der Waals surface area contributed by atoms with Gasteiger partial charge in [0, 0.05) is 31.2 Å². The lowest BCUT2D eigenvalue weighted by Gasteiger charge is -2.37. The molecular weight excluding hydrogens is 466 g/mol. The summed E-state index contributed by atoms with van der Waals surface area (Å²) < 4.78 is 12.1. The number of benzene rings is 2. The molecule has 2 aliphatic rings. The van der Waals surface area contributed by atoms with Crippen molar-refractivity contribution in [2.24, 2.45) is 0 Å². The van der Waals surface area contributed by atoms with E-state index in [4.69, 9.17) is 9.47 Å². The number of piperidine rings is 1. The van der Waals surface area contributed by atoms with Crippen LogP contribution in [0.25, 0.3) is 0 Å². The Kier molecular flexibility index (Phi) is 10.2. The van der Waals surface area contributed by atoms with E-state index in [2.05, 4.69) is 29.6 Å². The number of hydrogen-bond donors (Lipinski definition) is 1. The second-order valence-corrected chi connectivity index (χ2v) is 10.0. The van der Waals surface area contributed by atoms with Crippen molar-refractivity contribution in [1.82, 2.24) is 15.1 Å². The molecule has 0 aliphatic carbocycles. The molecule has 0 spiro atoms. The largest absolute Gasteiger partial charge is 0.490 e. The maximum atomic E-state index is 13.7. The number of rotatable bonds is 6. The summed E-state index contributed by atoms with van der Waals surface area (Å²) >= 11 is 0. The van der Waals surface area contributed by atoms with Crippen molar-refractivity contribution in [2.45, 2.75) is 64.5 Å². The first kappa shape index (κ1) is 27.0. The Morgan fingerprint density at radius 1 is 1.03 bits per heavy atom. The van der Waals surface area contributed by atoms with E-state index in [-0.39, 0.29) is 30.9 Å². The van der Waals surface area contributed by atoms with Crippen molar-refractivity contribution in [1.29, 1.82) is 0 Å². The highest BCUT2D eigenvalue weighted by molar-refractivity contribution is 5.81. The van der Waals surface area contributed by atoms with E-state index in [9.17, 15) is 9.59 Å². The van der Waals surface area contributed by atoms with Gasteiger partial charge in [0.15, 0.2) is 11.5 Å². The first-order valence-electron chi connectivity index (χ1n) is 13.8. The average molecular weight is 508 g/mol. The van der Waals surface area contributed by atoms with Crippen LogP contribution in [0.1, 0.15) is 56.6 Å². The molecule has 37 heavy (non-hydrogen) atoms. The zero-order valence-electron chi connectivity index (χ0n) is 22.1. The van der Waals surface area contributed by atoms with E-state index in [0.29, 0.717) is 32.1 Å². The van der Waals surface area contributed by atoms with Crippen LogP contribution in [0.2, 0.25) is 0 Å². The van der Waals surface area contributed by atoms with E-state index in [0.717, 1.165) is 62.8 Å². The van der Waals surface area contributed by atoms with Gasteiger partial charge in [-0.1, -0.05) is 42.5 Å². The highest BCUT2D eigenvalue weighted by Crippen LogP contribution is 2.33. The van der Waals surface area contributed by atoms with Crippen molar-refractivity contribution in [3.8, 4) is 11.5 Å².